The summed E-state index contributed by atoms with van der Waals surface area (Å²) >= 11 is 0. The van der Waals surface area contributed by atoms with Crippen LogP contribution in [0, 0.1) is 23.2 Å². The molecule has 0 spiro atoms. The van der Waals surface area contributed by atoms with E-state index >= 15 is 0 Å². The summed E-state index contributed by atoms with van der Waals surface area (Å²) in [6.45, 7) is 10.2. The fourth-order valence-corrected chi connectivity index (χ4v) is 6.65. The van der Waals surface area contributed by atoms with Gasteiger partial charge >= 0.3 is 5.97 Å². The second-order valence-electron chi connectivity index (χ2n) is 10.7. The van der Waals surface area contributed by atoms with Crippen LogP contribution in [0.3, 0.4) is 0 Å². The third-order valence-electron chi connectivity index (χ3n) is 9.04. The first-order valence-electron chi connectivity index (χ1n) is 12.5. The monoisotopic (exact) mass is 452 g/mol. The number of allylic oxidation sites excluding steroid dienone is 1. The molecule has 1 saturated carbocycles. The van der Waals surface area contributed by atoms with Crippen molar-refractivity contribution in [2.75, 3.05) is 37.6 Å². The standard InChI is InChI=1S/C27H36N2O4/c1-17-5-4-6-20-15-23-24(25(31)27(17,20)3)22(26(32)33-23)16-28-11-13-29(14-12-28)21-9-7-19(8-10-21)18(2)30/h6-10,17,22-25,31H,4-5,11-16H2,1-3H3/t17-,22+,23+,24+,25+,27+/m0/s1. The van der Waals surface area contributed by atoms with E-state index in [9.17, 15) is 14.7 Å². The first kappa shape index (κ1) is 22.6. The summed E-state index contributed by atoms with van der Waals surface area (Å²) < 4.78 is 5.84. The molecule has 0 aromatic heterocycles. The second-order valence-corrected chi connectivity index (χ2v) is 10.7. The molecule has 0 bridgehead atoms. The Morgan fingerprint density at radius 2 is 1.88 bits per heavy atom. The SMILES string of the molecule is CC(=O)c1ccc(N2CCN(C[C@H]3C(=O)O[C@@H]4CC5=CCC[C@H](C)[C@@]5(C)[C@H](O)[C@@H]43)CC2)cc1. The van der Waals surface area contributed by atoms with E-state index in [1.165, 1.54) is 5.57 Å². The maximum Gasteiger partial charge on any atom is 0.311 e. The summed E-state index contributed by atoms with van der Waals surface area (Å²) in [6.07, 6.45) is 4.45. The number of carbonyl (C=O) groups excluding carboxylic acids is 2. The Morgan fingerprint density at radius 1 is 1.18 bits per heavy atom. The fraction of sp³-hybridized carbons (Fsp3) is 0.630. The van der Waals surface area contributed by atoms with Crippen LogP contribution in [0.1, 0.15) is 50.4 Å². The number of esters is 1. The molecule has 2 saturated heterocycles. The highest BCUT2D eigenvalue weighted by Gasteiger charge is 2.59. The molecule has 2 aliphatic carbocycles. The Bertz CT molecular complexity index is 949. The van der Waals surface area contributed by atoms with Gasteiger partial charge in [0.2, 0.25) is 0 Å². The second kappa shape index (κ2) is 8.55. The Kier molecular flexibility index (Phi) is 5.86. The van der Waals surface area contributed by atoms with Crippen LogP contribution in [-0.4, -0.2) is 66.7 Å². The molecular formula is C27H36N2O4. The molecule has 33 heavy (non-hydrogen) atoms. The van der Waals surface area contributed by atoms with Crippen LogP contribution in [-0.2, 0) is 9.53 Å². The molecule has 5 rings (SSSR count). The van der Waals surface area contributed by atoms with Crippen molar-refractivity contribution in [3.8, 4) is 0 Å². The van der Waals surface area contributed by atoms with Crippen molar-refractivity contribution in [1.82, 2.24) is 4.90 Å². The minimum Gasteiger partial charge on any atom is -0.461 e. The average molecular weight is 453 g/mol. The summed E-state index contributed by atoms with van der Waals surface area (Å²) in [4.78, 5) is 29.1. The largest absolute Gasteiger partial charge is 0.461 e. The van der Waals surface area contributed by atoms with E-state index in [0.29, 0.717) is 12.5 Å². The van der Waals surface area contributed by atoms with Crippen LogP contribution in [0.25, 0.3) is 0 Å². The zero-order valence-corrected chi connectivity index (χ0v) is 20.0. The van der Waals surface area contributed by atoms with E-state index in [2.05, 4.69) is 29.7 Å². The number of fused-ring (bicyclic) bond motifs is 2. The van der Waals surface area contributed by atoms with Crippen molar-refractivity contribution in [3.63, 3.8) is 0 Å². The summed E-state index contributed by atoms with van der Waals surface area (Å²) in [7, 11) is 0. The van der Waals surface area contributed by atoms with Gasteiger partial charge in [-0.05, 0) is 49.9 Å². The molecule has 6 heteroatoms. The van der Waals surface area contributed by atoms with Crippen molar-refractivity contribution in [2.24, 2.45) is 23.2 Å². The lowest BCUT2D eigenvalue weighted by Gasteiger charge is -2.52. The summed E-state index contributed by atoms with van der Waals surface area (Å²) in [6, 6.07) is 7.80. The summed E-state index contributed by atoms with van der Waals surface area (Å²) in [5.74, 6) is -0.0436. The minimum atomic E-state index is -0.546. The van der Waals surface area contributed by atoms with Gasteiger partial charge in [-0.15, -0.1) is 0 Å². The minimum absolute atomic E-state index is 0.0807. The van der Waals surface area contributed by atoms with E-state index < -0.39 is 6.10 Å². The van der Waals surface area contributed by atoms with Crippen molar-refractivity contribution in [2.45, 2.75) is 52.2 Å². The predicted octanol–water partition coefficient (Wildman–Crippen LogP) is 3.30. The number of anilines is 1. The number of hydrogen-bond donors (Lipinski definition) is 1. The van der Waals surface area contributed by atoms with Gasteiger partial charge in [0.1, 0.15) is 6.10 Å². The van der Waals surface area contributed by atoms with E-state index in [1.807, 2.05) is 24.3 Å². The number of hydrogen-bond acceptors (Lipinski definition) is 6. The molecule has 0 unspecified atom stereocenters. The van der Waals surface area contributed by atoms with E-state index in [4.69, 9.17) is 4.74 Å². The molecule has 6 nitrogen and oxygen atoms in total. The van der Waals surface area contributed by atoms with Gasteiger partial charge in [-0.3, -0.25) is 14.5 Å². The number of rotatable bonds is 4. The van der Waals surface area contributed by atoms with Crippen LogP contribution in [0.5, 0.6) is 0 Å². The van der Waals surface area contributed by atoms with Crippen molar-refractivity contribution in [3.05, 3.63) is 41.5 Å². The molecule has 1 aromatic rings. The Labute approximate surface area is 196 Å². The Hall–Kier alpha value is -2.18. The van der Waals surface area contributed by atoms with E-state index in [0.717, 1.165) is 56.7 Å². The van der Waals surface area contributed by atoms with Crippen LogP contribution in [0.15, 0.2) is 35.9 Å². The van der Waals surface area contributed by atoms with Gasteiger partial charge in [0.05, 0.1) is 12.0 Å². The average Bonchev–Trinajstić information content (AvgIpc) is 3.11. The highest BCUT2D eigenvalue weighted by Crippen LogP contribution is 2.56. The first-order valence-corrected chi connectivity index (χ1v) is 12.5. The number of ether oxygens (including phenoxy) is 1. The quantitative estimate of drug-likeness (QED) is 0.430. The van der Waals surface area contributed by atoms with Crippen molar-refractivity contribution >= 4 is 17.4 Å². The molecule has 2 aliphatic heterocycles. The number of benzene rings is 1. The first-order chi connectivity index (χ1) is 15.8. The number of aliphatic hydroxyl groups excluding tert-OH is 1. The van der Waals surface area contributed by atoms with Crippen LogP contribution < -0.4 is 4.90 Å². The zero-order valence-electron chi connectivity index (χ0n) is 20.0. The number of nitrogens with zero attached hydrogens (tertiary/aromatic N) is 2. The maximum absolute atomic E-state index is 12.9. The number of carbonyl (C=O) groups is 2. The smallest absolute Gasteiger partial charge is 0.311 e. The predicted molar refractivity (Wildman–Crippen MR) is 127 cm³/mol. The Balaban J connectivity index is 1.25. The fourth-order valence-electron chi connectivity index (χ4n) is 6.65. The lowest BCUT2D eigenvalue weighted by Crippen LogP contribution is -2.55. The molecule has 2 heterocycles. The molecular weight excluding hydrogens is 416 g/mol. The summed E-state index contributed by atoms with van der Waals surface area (Å²) in [5.41, 5.74) is 2.89. The number of Topliss-reactive ketones (excluding diaryl/α,β-unsaturated/α-hetero) is 1. The highest BCUT2D eigenvalue weighted by atomic mass is 16.6. The molecule has 178 valence electrons. The summed E-state index contributed by atoms with van der Waals surface area (Å²) in [5, 5.41) is 11.6. The molecule has 1 aromatic carbocycles. The maximum atomic E-state index is 12.9. The third kappa shape index (κ3) is 3.81. The molecule has 0 amide bonds. The van der Waals surface area contributed by atoms with Gasteiger partial charge in [-0.1, -0.05) is 25.5 Å². The molecule has 3 fully saturated rings. The topological polar surface area (TPSA) is 70.1 Å². The van der Waals surface area contributed by atoms with Gasteiger partial charge in [0, 0.05) is 61.7 Å². The van der Waals surface area contributed by atoms with Gasteiger partial charge in [0.25, 0.3) is 0 Å². The van der Waals surface area contributed by atoms with Gasteiger partial charge in [-0.25, -0.2) is 0 Å². The zero-order chi connectivity index (χ0) is 23.3. The highest BCUT2D eigenvalue weighted by molar-refractivity contribution is 5.94. The van der Waals surface area contributed by atoms with Crippen molar-refractivity contribution in [1.29, 1.82) is 0 Å². The Morgan fingerprint density at radius 3 is 2.55 bits per heavy atom. The molecule has 6 atom stereocenters. The van der Waals surface area contributed by atoms with E-state index in [1.54, 1.807) is 6.92 Å². The molecule has 1 N–H and O–H groups in total. The number of aliphatic hydroxyl groups is 1. The lowest BCUT2D eigenvalue weighted by atomic mass is 9.55. The van der Waals surface area contributed by atoms with Crippen LogP contribution in [0.4, 0.5) is 5.69 Å². The van der Waals surface area contributed by atoms with Gasteiger partial charge in [-0.2, -0.15) is 0 Å². The van der Waals surface area contributed by atoms with Gasteiger partial charge < -0.3 is 14.7 Å². The molecule has 0 radical (unpaired) electrons. The lowest BCUT2D eigenvalue weighted by molar-refractivity contribution is -0.145. The third-order valence-corrected chi connectivity index (χ3v) is 9.04. The van der Waals surface area contributed by atoms with Crippen LogP contribution in [0.2, 0.25) is 0 Å². The number of piperazine rings is 1. The van der Waals surface area contributed by atoms with E-state index in [-0.39, 0.29) is 35.1 Å². The molecule has 4 aliphatic rings. The van der Waals surface area contributed by atoms with Crippen molar-refractivity contribution < 1.29 is 19.4 Å². The normalized spacial score (nSPS) is 36.6. The van der Waals surface area contributed by atoms with Gasteiger partial charge in [0.15, 0.2) is 5.78 Å². The number of ketones is 1. The van der Waals surface area contributed by atoms with Crippen LogP contribution >= 0.6 is 0 Å².